The molecule has 0 bridgehead atoms. The minimum atomic E-state index is -0.416. The molecule has 0 fully saturated rings. The number of benzene rings is 3. The Kier molecular flexibility index (Phi) is 5.28. The molecule has 0 amide bonds. The summed E-state index contributed by atoms with van der Waals surface area (Å²) in [6.45, 7) is 2.04. The maximum Gasteiger partial charge on any atom is 0.340 e. The number of halogens is 1. The standard InChI is InChI=1S/C24H20ClNO3/c1-2-29-24(28)22-20-14-18(27)13-19(16-8-4-3-5-9-16)23(20)26-21(22)12-15-7-6-10-17(25)11-15/h3-11,13-14,26-27H,2,12H2,1H3. The molecule has 0 spiro atoms. The first-order chi connectivity index (χ1) is 14.1. The van der Waals surface area contributed by atoms with Crippen LogP contribution in [-0.4, -0.2) is 22.7 Å². The lowest BCUT2D eigenvalue weighted by molar-refractivity contribution is 0.0527. The molecule has 29 heavy (non-hydrogen) atoms. The Hall–Kier alpha value is -3.24. The molecule has 1 heterocycles. The Bertz CT molecular complexity index is 1180. The van der Waals surface area contributed by atoms with Crippen LogP contribution in [-0.2, 0) is 11.2 Å². The number of esters is 1. The second-order valence-corrected chi connectivity index (χ2v) is 7.22. The molecule has 4 nitrogen and oxygen atoms in total. The number of carbonyl (C=O) groups excluding carboxylic acids is 1. The third-order valence-corrected chi connectivity index (χ3v) is 5.04. The third kappa shape index (κ3) is 3.84. The van der Waals surface area contributed by atoms with Crippen molar-refractivity contribution < 1.29 is 14.6 Å². The van der Waals surface area contributed by atoms with E-state index in [0.29, 0.717) is 22.4 Å². The number of carbonyl (C=O) groups is 1. The van der Waals surface area contributed by atoms with E-state index in [0.717, 1.165) is 27.9 Å². The largest absolute Gasteiger partial charge is 0.508 e. The number of rotatable bonds is 5. The zero-order valence-corrected chi connectivity index (χ0v) is 16.7. The lowest BCUT2D eigenvalue weighted by Crippen LogP contribution is -2.07. The average molecular weight is 406 g/mol. The van der Waals surface area contributed by atoms with E-state index in [4.69, 9.17) is 16.3 Å². The van der Waals surface area contributed by atoms with E-state index in [1.165, 1.54) is 0 Å². The second-order valence-electron chi connectivity index (χ2n) is 6.79. The fraction of sp³-hybridized carbons (Fsp3) is 0.125. The summed E-state index contributed by atoms with van der Waals surface area (Å²) in [6, 6.07) is 20.6. The monoisotopic (exact) mass is 405 g/mol. The van der Waals surface area contributed by atoms with Crippen LogP contribution >= 0.6 is 11.6 Å². The smallest absolute Gasteiger partial charge is 0.340 e. The van der Waals surface area contributed by atoms with Gasteiger partial charge in [0.05, 0.1) is 17.7 Å². The first-order valence-corrected chi connectivity index (χ1v) is 9.79. The Labute approximate surface area is 173 Å². The second kappa shape index (κ2) is 8.02. The normalized spacial score (nSPS) is 11.0. The van der Waals surface area contributed by atoms with Gasteiger partial charge in [0.15, 0.2) is 0 Å². The maximum atomic E-state index is 12.8. The van der Waals surface area contributed by atoms with Crippen LogP contribution in [0.4, 0.5) is 0 Å². The van der Waals surface area contributed by atoms with Crippen molar-refractivity contribution in [3.05, 3.63) is 88.6 Å². The predicted octanol–water partition coefficient (Wildman–Crippen LogP) is 5.96. The molecule has 0 aliphatic heterocycles. The van der Waals surface area contributed by atoms with Crippen molar-refractivity contribution in [2.45, 2.75) is 13.3 Å². The zero-order chi connectivity index (χ0) is 20.4. The summed E-state index contributed by atoms with van der Waals surface area (Å²) in [5, 5.41) is 11.6. The van der Waals surface area contributed by atoms with Crippen molar-refractivity contribution in [2.75, 3.05) is 6.61 Å². The lowest BCUT2D eigenvalue weighted by Gasteiger charge is -2.06. The van der Waals surface area contributed by atoms with Crippen LogP contribution in [0.15, 0.2) is 66.7 Å². The molecule has 0 saturated heterocycles. The molecule has 4 rings (SSSR count). The van der Waals surface area contributed by atoms with Crippen molar-refractivity contribution >= 4 is 28.5 Å². The van der Waals surface area contributed by atoms with Gasteiger partial charge in [-0.3, -0.25) is 0 Å². The van der Waals surface area contributed by atoms with Crippen LogP contribution in [0.5, 0.6) is 5.75 Å². The molecule has 1 aromatic heterocycles. The summed E-state index contributed by atoms with van der Waals surface area (Å²) in [6.07, 6.45) is 0.485. The molecule has 0 saturated carbocycles. The van der Waals surface area contributed by atoms with Gasteiger partial charge in [0, 0.05) is 28.1 Å². The van der Waals surface area contributed by atoms with Gasteiger partial charge in [0.1, 0.15) is 5.75 Å². The summed E-state index contributed by atoms with van der Waals surface area (Å²) in [4.78, 5) is 16.2. The number of hydrogen-bond acceptors (Lipinski definition) is 3. The van der Waals surface area contributed by atoms with E-state index in [1.807, 2.05) is 54.6 Å². The number of ether oxygens (including phenoxy) is 1. The molecule has 2 N–H and O–H groups in total. The number of hydrogen-bond donors (Lipinski definition) is 2. The number of H-pyrrole nitrogens is 1. The van der Waals surface area contributed by atoms with E-state index < -0.39 is 5.97 Å². The van der Waals surface area contributed by atoms with Crippen molar-refractivity contribution in [1.82, 2.24) is 4.98 Å². The van der Waals surface area contributed by atoms with Crippen LogP contribution in [0.2, 0.25) is 5.02 Å². The quantitative estimate of drug-likeness (QED) is 0.402. The van der Waals surface area contributed by atoms with E-state index >= 15 is 0 Å². The average Bonchev–Trinajstić information content (AvgIpc) is 3.06. The van der Waals surface area contributed by atoms with Gasteiger partial charge in [-0.15, -0.1) is 0 Å². The van der Waals surface area contributed by atoms with Gasteiger partial charge in [0.2, 0.25) is 0 Å². The summed E-state index contributed by atoms with van der Waals surface area (Å²) >= 11 is 6.13. The van der Waals surface area contributed by atoms with E-state index in [9.17, 15) is 9.90 Å². The van der Waals surface area contributed by atoms with Gasteiger partial charge in [-0.05, 0) is 42.3 Å². The van der Waals surface area contributed by atoms with Crippen molar-refractivity contribution in [1.29, 1.82) is 0 Å². The molecular weight excluding hydrogens is 386 g/mol. The van der Waals surface area contributed by atoms with Crippen LogP contribution in [0, 0.1) is 0 Å². The maximum absolute atomic E-state index is 12.8. The first-order valence-electron chi connectivity index (χ1n) is 9.41. The number of phenols is 1. The third-order valence-electron chi connectivity index (χ3n) is 4.80. The van der Waals surface area contributed by atoms with Gasteiger partial charge in [-0.2, -0.15) is 0 Å². The minimum Gasteiger partial charge on any atom is -0.508 e. The van der Waals surface area contributed by atoms with Gasteiger partial charge in [0.25, 0.3) is 0 Å². The molecule has 0 atom stereocenters. The van der Waals surface area contributed by atoms with Crippen LogP contribution in [0.1, 0.15) is 28.5 Å². The highest BCUT2D eigenvalue weighted by Crippen LogP contribution is 2.36. The molecule has 4 aromatic rings. The summed E-state index contributed by atoms with van der Waals surface area (Å²) < 4.78 is 5.32. The van der Waals surface area contributed by atoms with Crippen LogP contribution in [0.25, 0.3) is 22.0 Å². The van der Waals surface area contributed by atoms with Gasteiger partial charge in [-0.25, -0.2) is 4.79 Å². The molecule has 0 aliphatic rings. The van der Waals surface area contributed by atoms with E-state index in [-0.39, 0.29) is 12.4 Å². The number of aromatic nitrogens is 1. The molecule has 0 aliphatic carbocycles. The van der Waals surface area contributed by atoms with E-state index in [1.54, 1.807) is 19.1 Å². The SMILES string of the molecule is CCOC(=O)c1c(Cc2cccc(Cl)c2)[nH]c2c(-c3ccccc3)cc(O)cc12. The molecule has 5 heteroatoms. The molecule has 3 aromatic carbocycles. The Morgan fingerprint density at radius 3 is 2.59 bits per heavy atom. The number of aromatic hydroxyl groups is 1. The van der Waals surface area contributed by atoms with Gasteiger partial charge < -0.3 is 14.8 Å². The number of aromatic amines is 1. The minimum absolute atomic E-state index is 0.0928. The van der Waals surface area contributed by atoms with Gasteiger partial charge >= 0.3 is 5.97 Å². The summed E-state index contributed by atoms with van der Waals surface area (Å²) in [5.41, 5.74) is 4.69. The summed E-state index contributed by atoms with van der Waals surface area (Å²) in [7, 11) is 0. The summed E-state index contributed by atoms with van der Waals surface area (Å²) in [5.74, 6) is -0.324. The Morgan fingerprint density at radius 1 is 1.07 bits per heavy atom. The molecule has 0 radical (unpaired) electrons. The highest BCUT2D eigenvalue weighted by atomic mass is 35.5. The lowest BCUT2D eigenvalue weighted by atomic mass is 10.00. The number of fused-ring (bicyclic) bond motifs is 1. The molecule has 146 valence electrons. The first kappa shape index (κ1) is 19.1. The highest BCUT2D eigenvalue weighted by molar-refractivity contribution is 6.30. The Balaban J connectivity index is 1.94. The topological polar surface area (TPSA) is 62.3 Å². The number of phenolic OH excluding ortho intramolecular Hbond substituents is 1. The van der Waals surface area contributed by atoms with Crippen molar-refractivity contribution in [2.24, 2.45) is 0 Å². The fourth-order valence-corrected chi connectivity index (χ4v) is 3.81. The van der Waals surface area contributed by atoms with Crippen molar-refractivity contribution in [3.8, 4) is 16.9 Å². The fourth-order valence-electron chi connectivity index (χ4n) is 3.60. The molecular formula is C24H20ClNO3. The Morgan fingerprint density at radius 2 is 1.86 bits per heavy atom. The van der Waals surface area contributed by atoms with Crippen LogP contribution < -0.4 is 0 Å². The highest BCUT2D eigenvalue weighted by Gasteiger charge is 2.22. The van der Waals surface area contributed by atoms with Crippen LogP contribution in [0.3, 0.4) is 0 Å². The van der Waals surface area contributed by atoms with E-state index in [2.05, 4.69) is 4.98 Å². The predicted molar refractivity (Wildman–Crippen MR) is 116 cm³/mol. The zero-order valence-electron chi connectivity index (χ0n) is 15.9. The molecule has 0 unspecified atom stereocenters. The van der Waals surface area contributed by atoms with Crippen molar-refractivity contribution in [3.63, 3.8) is 0 Å². The van der Waals surface area contributed by atoms with Gasteiger partial charge in [-0.1, -0.05) is 54.1 Å². The number of nitrogens with one attached hydrogen (secondary N) is 1.